The molecule has 2 fully saturated rings. The fraction of sp³-hybridized carbons (Fsp3) is 1.00. The Morgan fingerprint density at radius 3 is 3.00 bits per heavy atom. The lowest BCUT2D eigenvalue weighted by atomic mass is 9.89. The lowest BCUT2D eigenvalue weighted by Crippen LogP contribution is -2.55. The van der Waals surface area contributed by atoms with Gasteiger partial charge in [0.25, 0.3) is 0 Å². The fourth-order valence-corrected chi connectivity index (χ4v) is 3.26. The molecule has 3 heteroatoms. The van der Waals surface area contributed by atoms with Crippen LogP contribution in [0.25, 0.3) is 0 Å². The molecule has 1 saturated carbocycles. The Labute approximate surface area is 106 Å². The average Bonchev–Trinajstić information content (AvgIpc) is 2.37. The Morgan fingerprint density at radius 1 is 1.35 bits per heavy atom. The molecule has 0 spiro atoms. The predicted octanol–water partition coefficient (Wildman–Crippen LogP) is 2.15. The topological polar surface area (TPSA) is 38.5 Å². The Kier molecular flexibility index (Phi) is 5.26. The van der Waals surface area contributed by atoms with E-state index in [1.165, 1.54) is 44.9 Å². The first-order chi connectivity index (χ1) is 8.31. The summed E-state index contributed by atoms with van der Waals surface area (Å²) in [5, 5.41) is 0. The van der Waals surface area contributed by atoms with Gasteiger partial charge in [-0.2, -0.15) is 0 Å². The summed E-state index contributed by atoms with van der Waals surface area (Å²) >= 11 is 0. The molecular weight excluding hydrogens is 212 g/mol. The second-order valence-electron chi connectivity index (χ2n) is 5.66. The summed E-state index contributed by atoms with van der Waals surface area (Å²) < 4.78 is 5.89. The zero-order valence-electron chi connectivity index (χ0n) is 11.2. The summed E-state index contributed by atoms with van der Waals surface area (Å²) in [6.07, 6.45) is 9.46. The maximum Gasteiger partial charge on any atom is 0.0730 e. The van der Waals surface area contributed by atoms with Crippen molar-refractivity contribution in [3.05, 3.63) is 0 Å². The van der Waals surface area contributed by atoms with Crippen LogP contribution in [0.3, 0.4) is 0 Å². The molecule has 0 amide bonds. The number of fused-ring (bicyclic) bond motifs is 1. The van der Waals surface area contributed by atoms with Gasteiger partial charge in [0.2, 0.25) is 0 Å². The van der Waals surface area contributed by atoms with E-state index in [4.69, 9.17) is 10.5 Å². The maximum atomic E-state index is 6.23. The Hall–Kier alpha value is -0.120. The van der Waals surface area contributed by atoms with Crippen LogP contribution in [0.4, 0.5) is 0 Å². The zero-order chi connectivity index (χ0) is 12.1. The average molecular weight is 240 g/mol. The second kappa shape index (κ2) is 6.72. The minimum absolute atomic E-state index is 0.357. The number of rotatable bonds is 5. The van der Waals surface area contributed by atoms with Gasteiger partial charge < -0.3 is 10.5 Å². The number of nitrogens with two attached hydrogens (primary N) is 1. The van der Waals surface area contributed by atoms with Gasteiger partial charge in [-0.1, -0.05) is 32.6 Å². The van der Waals surface area contributed by atoms with Crippen LogP contribution in [0.15, 0.2) is 0 Å². The minimum atomic E-state index is 0.357. The highest BCUT2D eigenvalue weighted by Crippen LogP contribution is 2.28. The number of morpholine rings is 1. The molecule has 3 atom stereocenters. The molecule has 17 heavy (non-hydrogen) atoms. The molecule has 0 aromatic rings. The Morgan fingerprint density at radius 2 is 2.18 bits per heavy atom. The maximum absolute atomic E-state index is 6.23. The number of nitrogens with zero attached hydrogens (tertiary/aromatic N) is 1. The van der Waals surface area contributed by atoms with Crippen molar-refractivity contribution in [3.63, 3.8) is 0 Å². The summed E-state index contributed by atoms with van der Waals surface area (Å²) in [4.78, 5) is 2.60. The van der Waals surface area contributed by atoms with Gasteiger partial charge in [0.05, 0.1) is 12.7 Å². The van der Waals surface area contributed by atoms with Crippen molar-refractivity contribution >= 4 is 0 Å². The lowest BCUT2D eigenvalue weighted by Gasteiger charge is -2.44. The van der Waals surface area contributed by atoms with Crippen LogP contribution in [-0.2, 0) is 4.74 Å². The first kappa shape index (κ1) is 13.3. The molecule has 1 aliphatic heterocycles. The van der Waals surface area contributed by atoms with E-state index in [1.807, 2.05) is 0 Å². The Bertz CT molecular complexity index is 220. The Balaban J connectivity index is 1.81. The zero-order valence-corrected chi connectivity index (χ0v) is 11.2. The second-order valence-corrected chi connectivity index (χ2v) is 5.66. The molecule has 2 rings (SSSR count). The van der Waals surface area contributed by atoms with Crippen LogP contribution in [0.2, 0.25) is 0 Å². The van der Waals surface area contributed by atoms with Crippen molar-refractivity contribution < 1.29 is 4.74 Å². The third kappa shape index (κ3) is 3.67. The number of ether oxygens (including phenoxy) is 1. The van der Waals surface area contributed by atoms with Crippen LogP contribution in [0.1, 0.15) is 51.9 Å². The van der Waals surface area contributed by atoms with Crippen LogP contribution in [0.5, 0.6) is 0 Å². The molecule has 0 radical (unpaired) electrons. The summed E-state index contributed by atoms with van der Waals surface area (Å²) in [6, 6.07) is 1.01. The summed E-state index contributed by atoms with van der Waals surface area (Å²) in [6.45, 7) is 5.30. The van der Waals surface area contributed by atoms with Crippen LogP contribution in [-0.4, -0.2) is 42.8 Å². The van der Waals surface area contributed by atoms with Crippen LogP contribution >= 0.6 is 0 Å². The summed E-state index contributed by atoms with van der Waals surface area (Å²) in [5.74, 6) is 0. The summed E-state index contributed by atoms with van der Waals surface area (Å²) in [7, 11) is 0. The van der Waals surface area contributed by atoms with Crippen molar-refractivity contribution in [2.45, 2.75) is 70.1 Å². The van der Waals surface area contributed by atoms with E-state index in [0.717, 1.165) is 19.7 Å². The molecular formula is C14H28N2O. The third-order valence-electron chi connectivity index (χ3n) is 4.24. The standard InChI is InChI=1S/C14H28N2O/c1-2-3-6-12(15)11-16-9-10-17-14-8-5-4-7-13(14)16/h12-14H,2-11,15H2,1H3. The summed E-state index contributed by atoms with van der Waals surface area (Å²) in [5.41, 5.74) is 6.23. The quantitative estimate of drug-likeness (QED) is 0.800. The van der Waals surface area contributed by atoms with Crippen LogP contribution in [0, 0.1) is 0 Å². The first-order valence-corrected chi connectivity index (χ1v) is 7.42. The highest BCUT2D eigenvalue weighted by molar-refractivity contribution is 4.88. The van der Waals surface area contributed by atoms with Gasteiger partial charge in [0, 0.05) is 25.2 Å². The van der Waals surface area contributed by atoms with E-state index in [-0.39, 0.29) is 0 Å². The molecule has 0 aromatic heterocycles. The van der Waals surface area contributed by atoms with Crippen molar-refractivity contribution in [2.24, 2.45) is 5.73 Å². The van der Waals surface area contributed by atoms with E-state index >= 15 is 0 Å². The van der Waals surface area contributed by atoms with Crippen molar-refractivity contribution in [1.82, 2.24) is 4.90 Å². The molecule has 3 nitrogen and oxygen atoms in total. The number of unbranched alkanes of at least 4 members (excludes halogenated alkanes) is 1. The van der Waals surface area contributed by atoms with Gasteiger partial charge in [-0.25, -0.2) is 0 Å². The van der Waals surface area contributed by atoms with E-state index in [1.54, 1.807) is 0 Å². The monoisotopic (exact) mass is 240 g/mol. The number of hydrogen-bond donors (Lipinski definition) is 1. The smallest absolute Gasteiger partial charge is 0.0730 e. The molecule has 1 saturated heterocycles. The highest BCUT2D eigenvalue weighted by Gasteiger charge is 2.34. The molecule has 1 heterocycles. The van der Waals surface area contributed by atoms with Gasteiger partial charge >= 0.3 is 0 Å². The van der Waals surface area contributed by atoms with E-state index in [9.17, 15) is 0 Å². The molecule has 1 aliphatic carbocycles. The molecule has 0 bridgehead atoms. The molecule has 100 valence electrons. The van der Waals surface area contributed by atoms with Gasteiger partial charge in [-0.15, -0.1) is 0 Å². The SMILES string of the molecule is CCCCC(N)CN1CCOC2CCCCC21. The van der Waals surface area contributed by atoms with E-state index in [0.29, 0.717) is 18.2 Å². The lowest BCUT2D eigenvalue weighted by molar-refractivity contribution is -0.0894. The fourth-order valence-electron chi connectivity index (χ4n) is 3.26. The molecule has 2 aliphatic rings. The van der Waals surface area contributed by atoms with Crippen molar-refractivity contribution in [1.29, 1.82) is 0 Å². The molecule has 3 unspecified atom stereocenters. The molecule has 2 N–H and O–H groups in total. The normalized spacial score (nSPS) is 32.1. The third-order valence-corrected chi connectivity index (χ3v) is 4.24. The van der Waals surface area contributed by atoms with E-state index < -0.39 is 0 Å². The van der Waals surface area contributed by atoms with E-state index in [2.05, 4.69) is 11.8 Å². The molecule has 0 aromatic carbocycles. The number of hydrogen-bond acceptors (Lipinski definition) is 3. The highest BCUT2D eigenvalue weighted by atomic mass is 16.5. The largest absolute Gasteiger partial charge is 0.375 e. The predicted molar refractivity (Wildman–Crippen MR) is 71.1 cm³/mol. The first-order valence-electron chi connectivity index (χ1n) is 7.42. The van der Waals surface area contributed by atoms with Gasteiger partial charge in [0.15, 0.2) is 0 Å². The van der Waals surface area contributed by atoms with Gasteiger partial charge in [0.1, 0.15) is 0 Å². The van der Waals surface area contributed by atoms with Gasteiger partial charge in [-0.3, -0.25) is 4.90 Å². The van der Waals surface area contributed by atoms with Crippen molar-refractivity contribution in [2.75, 3.05) is 19.7 Å². The van der Waals surface area contributed by atoms with Crippen LogP contribution < -0.4 is 5.73 Å². The minimum Gasteiger partial charge on any atom is -0.375 e. The van der Waals surface area contributed by atoms with Crippen molar-refractivity contribution in [3.8, 4) is 0 Å². The van der Waals surface area contributed by atoms with Gasteiger partial charge in [-0.05, 0) is 19.3 Å².